The van der Waals surface area contributed by atoms with Crippen LogP contribution < -0.4 is 10.6 Å². The number of carbonyl (C=O) groups excluding carboxylic acids is 2. The summed E-state index contributed by atoms with van der Waals surface area (Å²) in [6.07, 6.45) is 3.50. The number of carbonyl (C=O) groups is 2. The van der Waals surface area contributed by atoms with Crippen molar-refractivity contribution in [3.05, 3.63) is 0 Å². The van der Waals surface area contributed by atoms with Crippen molar-refractivity contribution in [2.75, 3.05) is 6.54 Å². The van der Waals surface area contributed by atoms with Crippen molar-refractivity contribution < 1.29 is 14.7 Å². The molecule has 0 radical (unpaired) electrons. The minimum atomic E-state index is -0.664. The summed E-state index contributed by atoms with van der Waals surface area (Å²) in [6.45, 7) is 1.66. The second kappa shape index (κ2) is 5.70. The molecule has 3 N–H and O–H groups in total. The van der Waals surface area contributed by atoms with Gasteiger partial charge in [-0.15, -0.1) is 0 Å². The second-order valence-electron chi connectivity index (χ2n) is 4.01. The molecule has 86 valence electrons. The van der Waals surface area contributed by atoms with E-state index in [2.05, 4.69) is 10.6 Å². The summed E-state index contributed by atoms with van der Waals surface area (Å²) < 4.78 is 0. The normalized spacial score (nSPS) is 18.5. The van der Waals surface area contributed by atoms with Gasteiger partial charge < -0.3 is 15.7 Å². The van der Waals surface area contributed by atoms with Gasteiger partial charge in [0, 0.05) is 12.6 Å². The largest absolute Gasteiger partial charge is 0.392 e. The smallest absolute Gasteiger partial charge is 0.309 e. The van der Waals surface area contributed by atoms with E-state index in [0.29, 0.717) is 0 Å². The fraction of sp³-hybridized carbons (Fsp3) is 0.800. The van der Waals surface area contributed by atoms with Gasteiger partial charge in [0.2, 0.25) is 0 Å². The van der Waals surface area contributed by atoms with Gasteiger partial charge >= 0.3 is 11.8 Å². The molecule has 0 heterocycles. The quantitative estimate of drug-likeness (QED) is 0.556. The molecule has 0 aromatic heterocycles. The van der Waals surface area contributed by atoms with Crippen LogP contribution in [0.3, 0.4) is 0 Å². The van der Waals surface area contributed by atoms with Crippen LogP contribution in [0.5, 0.6) is 0 Å². The summed E-state index contributed by atoms with van der Waals surface area (Å²) in [5.74, 6) is -1.26. The predicted molar refractivity (Wildman–Crippen MR) is 55.1 cm³/mol. The van der Waals surface area contributed by atoms with Crippen LogP contribution >= 0.6 is 0 Å². The zero-order valence-corrected chi connectivity index (χ0v) is 8.95. The topological polar surface area (TPSA) is 78.4 Å². The first-order valence-electron chi connectivity index (χ1n) is 5.36. The van der Waals surface area contributed by atoms with Gasteiger partial charge in [-0.1, -0.05) is 12.8 Å². The highest BCUT2D eigenvalue weighted by atomic mass is 16.3. The van der Waals surface area contributed by atoms with E-state index in [1.165, 1.54) is 0 Å². The molecule has 5 heteroatoms. The molecule has 0 aromatic carbocycles. The summed E-state index contributed by atoms with van der Waals surface area (Å²) >= 11 is 0. The average Bonchev–Trinajstić information content (AvgIpc) is 2.66. The van der Waals surface area contributed by atoms with Gasteiger partial charge in [0.1, 0.15) is 0 Å². The Labute approximate surface area is 89.2 Å². The summed E-state index contributed by atoms with van der Waals surface area (Å²) in [5, 5.41) is 13.9. The predicted octanol–water partition coefficient (Wildman–Crippen LogP) is -0.458. The van der Waals surface area contributed by atoms with Crippen LogP contribution in [0, 0.1) is 0 Å². The molecule has 0 aromatic rings. The van der Waals surface area contributed by atoms with E-state index in [9.17, 15) is 9.59 Å². The molecule has 2 amide bonds. The molecular formula is C10H18N2O3. The van der Waals surface area contributed by atoms with Crippen molar-refractivity contribution in [1.29, 1.82) is 0 Å². The molecular weight excluding hydrogens is 196 g/mol. The van der Waals surface area contributed by atoms with Crippen molar-refractivity contribution >= 4 is 11.8 Å². The Morgan fingerprint density at radius 1 is 1.33 bits per heavy atom. The third kappa shape index (κ3) is 4.29. The summed E-state index contributed by atoms with van der Waals surface area (Å²) in [7, 11) is 0. The van der Waals surface area contributed by atoms with Gasteiger partial charge in [0.05, 0.1) is 6.10 Å². The maximum atomic E-state index is 11.3. The summed E-state index contributed by atoms with van der Waals surface area (Å²) in [6, 6.07) is 0.148. The highest BCUT2D eigenvalue weighted by Gasteiger charge is 2.21. The highest BCUT2D eigenvalue weighted by Crippen LogP contribution is 2.17. The zero-order valence-electron chi connectivity index (χ0n) is 8.95. The molecule has 0 aliphatic heterocycles. The van der Waals surface area contributed by atoms with Crippen LogP contribution in [0.2, 0.25) is 0 Å². The van der Waals surface area contributed by atoms with Gasteiger partial charge in [0.25, 0.3) is 0 Å². The molecule has 1 saturated carbocycles. The second-order valence-corrected chi connectivity index (χ2v) is 4.01. The third-order valence-corrected chi connectivity index (χ3v) is 2.45. The summed E-state index contributed by atoms with van der Waals surface area (Å²) in [5.41, 5.74) is 0. The molecule has 0 spiro atoms. The van der Waals surface area contributed by atoms with E-state index in [0.717, 1.165) is 25.7 Å². The Balaban J connectivity index is 2.23. The van der Waals surface area contributed by atoms with E-state index in [1.807, 2.05) is 0 Å². The Kier molecular flexibility index (Phi) is 4.55. The molecule has 1 unspecified atom stereocenters. The molecule has 0 saturated heterocycles. The number of aliphatic hydroxyl groups excluding tert-OH is 1. The molecule has 0 bridgehead atoms. The first-order valence-corrected chi connectivity index (χ1v) is 5.36. The maximum absolute atomic E-state index is 11.3. The van der Waals surface area contributed by atoms with Crippen molar-refractivity contribution in [3.63, 3.8) is 0 Å². The highest BCUT2D eigenvalue weighted by molar-refractivity contribution is 6.35. The van der Waals surface area contributed by atoms with Crippen molar-refractivity contribution in [3.8, 4) is 0 Å². The summed E-state index contributed by atoms with van der Waals surface area (Å²) in [4.78, 5) is 22.5. The van der Waals surface area contributed by atoms with E-state index in [-0.39, 0.29) is 12.6 Å². The minimum Gasteiger partial charge on any atom is -0.392 e. The Bertz CT molecular complexity index is 235. The van der Waals surface area contributed by atoms with Crippen LogP contribution in [0.1, 0.15) is 32.6 Å². The minimum absolute atomic E-state index is 0.108. The standard InChI is InChI=1S/C10H18N2O3/c1-7(13)6-11-9(14)10(15)12-8-4-2-3-5-8/h7-8,13H,2-6H2,1H3,(H,11,14)(H,12,15). The van der Waals surface area contributed by atoms with Crippen LogP contribution in [0.25, 0.3) is 0 Å². The third-order valence-electron chi connectivity index (χ3n) is 2.45. The number of hydrogen-bond donors (Lipinski definition) is 3. The van der Waals surface area contributed by atoms with Crippen LogP contribution in [-0.2, 0) is 9.59 Å². The Morgan fingerprint density at radius 3 is 2.47 bits per heavy atom. The van der Waals surface area contributed by atoms with Crippen LogP contribution in [0.15, 0.2) is 0 Å². The lowest BCUT2D eigenvalue weighted by Gasteiger charge is -2.12. The fourth-order valence-corrected chi connectivity index (χ4v) is 1.64. The van der Waals surface area contributed by atoms with E-state index in [4.69, 9.17) is 5.11 Å². The average molecular weight is 214 g/mol. The zero-order chi connectivity index (χ0) is 11.3. The molecule has 5 nitrogen and oxygen atoms in total. The van der Waals surface area contributed by atoms with Crippen molar-refractivity contribution in [2.24, 2.45) is 0 Å². The van der Waals surface area contributed by atoms with Crippen LogP contribution in [-0.4, -0.2) is 35.6 Å². The number of nitrogens with one attached hydrogen (secondary N) is 2. The first-order chi connectivity index (χ1) is 7.09. The van der Waals surface area contributed by atoms with Gasteiger partial charge in [0.15, 0.2) is 0 Å². The fourth-order valence-electron chi connectivity index (χ4n) is 1.64. The van der Waals surface area contributed by atoms with Crippen molar-refractivity contribution in [1.82, 2.24) is 10.6 Å². The van der Waals surface area contributed by atoms with E-state index < -0.39 is 17.9 Å². The molecule has 1 fully saturated rings. The number of rotatable bonds is 3. The van der Waals surface area contributed by atoms with Gasteiger partial charge in [-0.05, 0) is 19.8 Å². The molecule has 1 rings (SSSR count). The lowest BCUT2D eigenvalue weighted by Crippen LogP contribution is -2.45. The van der Waals surface area contributed by atoms with Gasteiger partial charge in [-0.2, -0.15) is 0 Å². The van der Waals surface area contributed by atoms with E-state index >= 15 is 0 Å². The van der Waals surface area contributed by atoms with Gasteiger partial charge in [-0.3, -0.25) is 9.59 Å². The molecule has 1 aliphatic rings. The number of aliphatic hydroxyl groups is 1. The number of amides is 2. The Hall–Kier alpha value is -1.10. The lowest BCUT2D eigenvalue weighted by molar-refractivity contribution is -0.139. The van der Waals surface area contributed by atoms with Gasteiger partial charge in [-0.25, -0.2) is 0 Å². The number of hydrogen-bond acceptors (Lipinski definition) is 3. The van der Waals surface area contributed by atoms with Crippen LogP contribution in [0.4, 0.5) is 0 Å². The lowest BCUT2D eigenvalue weighted by atomic mass is 10.2. The van der Waals surface area contributed by atoms with Crippen molar-refractivity contribution in [2.45, 2.75) is 44.8 Å². The maximum Gasteiger partial charge on any atom is 0.309 e. The molecule has 1 aliphatic carbocycles. The van der Waals surface area contributed by atoms with E-state index in [1.54, 1.807) is 6.92 Å². The molecule has 15 heavy (non-hydrogen) atoms. The molecule has 1 atom stereocenters. The monoisotopic (exact) mass is 214 g/mol. The Morgan fingerprint density at radius 2 is 1.93 bits per heavy atom. The SMILES string of the molecule is CC(O)CNC(=O)C(=O)NC1CCCC1. The first kappa shape index (κ1) is 12.0.